The number of rotatable bonds is 4. The summed E-state index contributed by atoms with van der Waals surface area (Å²) in [6.45, 7) is 4.64. The first kappa shape index (κ1) is 11.2. The van der Waals surface area contributed by atoms with Crippen LogP contribution in [0.25, 0.3) is 0 Å². The molecule has 1 rings (SSSR count). The maximum atomic E-state index is 11.7. The molecule has 1 aliphatic rings. The molecule has 4 heteroatoms. The Morgan fingerprint density at radius 3 is 2.93 bits per heavy atom. The summed E-state index contributed by atoms with van der Waals surface area (Å²) >= 11 is 0. The van der Waals surface area contributed by atoms with Crippen LogP contribution in [-0.2, 0) is 9.53 Å². The van der Waals surface area contributed by atoms with Crippen molar-refractivity contribution in [3.05, 3.63) is 12.7 Å². The summed E-state index contributed by atoms with van der Waals surface area (Å²) in [5, 5.41) is 0. The Labute approximate surface area is 84.7 Å². The number of ether oxygens (including phenoxy) is 1. The number of amides is 1. The quantitative estimate of drug-likeness (QED) is 0.654. The molecule has 2 unspecified atom stereocenters. The van der Waals surface area contributed by atoms with Crippen LogP contribution in [0.2, 0.25) is 0 Å². The molecule has 0 radical (unpaired) electrons. The van der Waals surface area contributed by atoms with E-state index in [4.69, 9.17) is 10.5 Å². The van der Waals surface area contributed by atoms with Gasteiger partial charge in [-0.25, -0.2) is 0 Å². The standard InChI is InChI=1S/C10H18N2O2/c1-3-6-12(2)10(13)9-5-4-8(7-11)14-9/h3,8-9H,1,4-7,11H2,2H3. The smallest absolute Gasteiger partial charge is 0.251 e. The lowest BCUT2D eigenvalue weighted by Gasteiger charge is -2.19. The summed E-state index contributed by atoms with van der Waals surface area (Å²) in [7, 11) is 1.75. The third-order valence-corrected chi connectivity index (χ3v) is 2.43. The molecule has 1 aliphatic heterocycles. The molecule has 1 amide bonds. The molecule has 2 atom stereocenters. The fourth-order valence-electron chi connectivity index (χ4n) is 1.59. The van der Waals surface area contributed by atoms with E-state index in [0.29, 0.717) is 13.1 Å². The minimum Gasteiger partial charge on any atom is -0.364 e. The number of hydrogen-bond donors (Lipinski definition) is 1. The minimum absolute atomic E-state index is 0.0286. The van der Waals surface area contributed by atoms with Gasteiger partial charge in [0.15, 0.2) is 0 Å². The van der Waals surface area contributed by atoms with E-state index in [-0.39, 0.29) is 18.1 Å². The van der Waals surface area contributed by atoms with Gasteiger partial charge in [0.05, 0.1) is 6.10 Å². The molecule has 0 aromatic rings. The van der Waals surface area contributed by atoms with Crippen LogP contribution in [-0.4, -0.2) is 43.2 Å². The molecule has 0 saturated carbocycles. The topological polar surface area (TPSA) is 55.6 Å². The molecule has 0 aliphatic carbocycles. The van der Waals surface area contributed by atoms with Gasteiger partial charge < -0.3 is 15.4 Å². The van der Waals surface area contributed by atoms with E-state index >= 15 is 0 Å². The Morgan fingerprint density at radius 2 is 2.43 bits per heavy atom. The summed E-state index contributed by atoms with van der Waals surface area (Å²) in [4.78, 5) is 13.3. The molecule has 14 heavy (non-hydrogen) atoms. The van der Waals surface area contributed by atoms with Gasteiger partial charge >= 0.3 is 0 Å². The highest BCUT2D eigenvalue weighted by Crippen LogP contribution is 2.20. The van der Waals surface area contributed by atoms with Crippen molar-refractivity contribution < 1.29 is 9.53 Å². The summed E-state index contributed by atoms with van der Waals surface area (Å²) in [6, 6.07) is 0. The Hall–Kier alpha value is -0.870. The molecule has 2 N–H and O–H groups in total. The fraction of sp³-hybridized carbons (Fsp3) is 0.700. The Balaban J connectivity index is 2.42. The van der Waals surface area contributed by atoms with Gasteiger partial charge in [0.2, 0.25) is 0 Å². The van der Waals surface area contributed by atoms with E-state index < -0.39 is 0 Å². The normalized spacial score (nSPS) is 26.1. The summed E-state index contributed by atoms with van der Waals surface area (Å²) in [6.07, 6.45) is 3.12. The zero-order valence-corrected chi connectivity index (χ0v) is 8.61. The molecule has 0 aromatic heterocycles. The van der Waals surface area contributed by atoms with Gasteiger partial charge in [-0.15, -0.1) is 6.58 Å². The van der Waals surface area contributed by atoms with E-state index in [0.717, 1.165) is 12.8 Å². The average Bonchev–Trinajstić information content (AvgIpc) is 2.65. The molecular weight excluding hydrogens is 180 g/mol. The summed E-state index contributed by atoms with van der Waals surface area (Å²) in [5.41, 5.74) is 5.46. The van der Waals surface area contributed by atoms with Crippen molar-refractivity contribution in [2.24, 2.45) is 5.73 Å². The lowest BCUT2D eigenvalue weighted by atomic mass is 10.2. The highest BCUT2D eigenvalue weighted by molar-refractivity contribution is 5.81. The van der Waals surface area contributed by atoms with Gasteiger partial charge in [-0.3, -0.25) is 4.79 Å². The second-order valence-corrected chi connectivity index (χ2v) is 3.57. The van der Waals surface area contributed by atoms with Gasteiger partial charge in [0, 0.05) is 20.1 Å². The lowest BCUT2D eigenvalue weighted by molar-refractivity contribution is -0.140. The second kappa shape index (κ2) is 5.12. The number of likely N-dealkylation sites (N-methyl/N-ethyl adjacent to an activating group) is 1. The van der Waals surface area contributed by atoms with Crippen LogP contribution in [0.3, 0.4) is 0 Å². The maximum absolute atomic E-state index is 11.7. The summed E-state index contributed by atoms with van der Waals surface area (Å²) < 4.78 is 5.49. The average molecular weight is 198 g/mol. The largest absolute Gasteiger partial charge is 0.364 e. The Kier molecular flexibility index (Phi) is 4.10. The van der Waals surface area contributed by atoms with Crippen molar-refractivity contribution >= 4 is 5.91 Å². The zero-order chi connectivity index (χ0) is 10.6. The molecular formula is C10H18N2O2. The Bertz CT molecular complexity index is 218. The van der Waals surface area contributed by atoms with Crippen molar-refractivity contribution in [1.29, 1.82) is 0 Å². The van der Waals surface area contributed by atoms with Gasteiger partial charge in [0.1, 0.15) is 6.10 Å². The van der Waals surface area contributed by atoms with E-state index in [9.17, 15) is 4.79 Å². The number of nitrogens with two attached hydrogens (primary N) is 1. The highest BCUT2D eigenvalue weighted by atomic mass is 16.5. The predicted octanol–water partition coefficient (Wildman–Crippen LogP) is 0.137. The Morgan fingerprint density at radius 1 is 1.71 bits per heavy atom. The third-order valence-electron chi connectivity index (χ3n) is 2.43. The number of hydrogen-bond acceptors (Lipinski definition) is 3. The number of nitrogens with zero attached hydrogens (tertiary/aromatic N) is 1. The first-order valence-corrected chi connectivity index (χ1v) is 4.90. The van der Waals surface area contributed by atoms with Crippen molar-refractivity contribution in [3.63, 3.8) is 0 Å². The van der Waals surface area contributed by atoms with Crippen LogP contribution < -0.4 is 5.73 Å². The SMILES string of the molecule is C=CCN(C)C(=O)C1CCC(CN)O1. The van der Waals surface area contributed by atoms with Crippen LogP contribution in [0.4, 0.5) is 0 Å². The van der Waals surface area contributed by atoms with Crippen molar-refractivity contribution in [1.82, 2.24) is 4.90 Å². The van der Waals surface area contributed by atoms with Crippen LogP contribution in [0, 0.1) is 0 Å². The second-order valence-electron chi connectivity index (χ2n) is 3.57. The van der Waals surface area contributed by atoms with Crippen molar-refractivity contribution in [2.75, 3.05) is 20.1 Å². The third kappa shape index (κ3) is 2.56. The van der Waals surface area contributed by atoms with Gasteiger partial charge in [-0.05, 0) is 12.8 Å². The van der Waals surface area contributed by atoms with Crippen LogP contribution in [0.5, 0.6) is 0 Å². The molecule has 0 aromatic carbocycles. The molecule has 0 bridgehead atoms. The van der Waals surface area contributed by atoms with Gasteiger partial charge in [-0.1, -0.05) is 6.08 Å². The first-order valence-electron chi connectivity index (χ1n) is 4.90. The van der Waals surface area contributed by atoms with Crippen molar-refractivity contribution in [2.45, 2.75) is 25.0 Å². The zero-order valence-electron chi connectivity index (χ0n) is 8.61. The van der Waals surface area contributed by atoms with Gasteiger partial charge in [-0.2, -0.15) is 0 Å². The van der Waals surface area contributed by atoms with E-state index in [1.807, 2.05) is 0 Å². The lowest BCUT2D eigenvalue weighted by Crippen LogP contribution is -2.37. The number of carbonyl (C=O) groups is 1. The van der Waals surface area contributed by atoms with Crippen LogP contribution in [0.15, 0.2) is 12.7 Å². The van der Waals surface area contributed by atoms with E-state index in [2.05, 4.69) is 6.58 Å². The molecule has 1 saturated heterocycles. The summed E-state index contributed by atoms with van der Waals surface area (Å²) in [5.74, 6) is 0.0286. The van der Waals surface area contributed by atoms with E-state index in [1.54, 1.807) is 18.0 Å². The fourth-order valence-corrected chi connectivity index (χ4v) is 1.59. The van der Waals surface area contributed by atoms with Gasteiger partial charge in [0.25, 0.3) is 5.91 Å². The first-order chi connectivity index (χ1) is 6.69. The molecule has 4 nitrogen and oxygen atoms in total. The molecule has 80 valence electrons. The van der Waals surface area contributed by atoms with Crippen molar-refractivity contribution in [3.8, 4) is 0 Å². The highest BCUT2D eigenvalue weighted by Gasteiger charge is 2.31. The predicted molar refractivity (Wildman–Crippen MR) is 54.8 cm³/mol. The van der Waals surface area contributed by atoms with Crippen LogP contribution in [0.1, 0.15) is 12.8 Å². The van der Waals surface area contributed by atoms with E-state index in [1.165, 1.54) is 0 Å². The molecule has 1 fully saturated rings. The monoisotopic (exact) mass is 198 g/mol. The van der Waals surface area contributed by atoms with Crippen LogP contribution >= 0.6 is 0 Å². The maximum Gasteiger partial charge on any atom is 0.251 e. The molecule has 1 heterocycles. The minimum atomic E-state index is -0.298. The number of carbonyl (C=O) groups excluding carboxylic acids is 1. The molecule has 0 spiro atoms.